The molecule has 1 amide bonds. The van der Waals surface area contributed by atoms with Crippen LogP contribution in [0.1, 0.15) is 51.8 Å². The standard InChI is InChI=1S/C14H22N4O2/c1-14(2,3)20-13(19)18-9-5-4-6-11(18)10-7-8-16-12(15)17-10/h7-8,11H,4-6,9H2,1-3H3,(H2,15,16,17). The van der Waals surface area contributed by atoms with Crippen molar-refractivity contribution in [3.05, 3.63) is 18.0 Å². The van der Waals surface area contributed by atoms with E-state index < -0.39 is 5.60 Å². The number of rotatable bonds is 1. The molecule has 1 unspecified atom stereocenters. The Morgan fingerprint density at radius 2 is 2.20 bits per heavy atom. The first-order chi connectivity index (χ1) is 9.37. The van der Waals surface area contributed by atoms with Crippen molar-refractivity contribution >= 4 is 12.0 Å². The van der Waals surface area contributed by atoms with E-state index in [4.69, 9.17) is 10.5 Å². The van der Waals surface area contributed by atoms with Gasteiger partial charge in [-0.1, -0.05) is 0 Å². The number of hydrogen-bond donors (Lipinski definition) is 1. The average molecular weight is 278 g/mol. The Hall–Kier alpha value is -1.85. The van der Waals surface area contributed by atoms with Gasteiger partial charge in [-0.25, -0.2) is 14.8 Å². The van der Waals surface area contributed by atoms with Crippen molar-refractivity contribution in [3.63, 3.8) is 0 Å². The number of anilines is 1. The lowest BCUT2D eigenvalue weighted by atomic mass is 9.99. The molecule has 6 nitrogen and oxygen atoms in total. The van der Waals surface area contributed by atoms with Gasteiger partial charge in [0.15, 0.2) is 0 Å². The molecule has 110 valence electrons. The van der Waals surface area contributed by atoms with Gasteiger partial charge >= 0.3 is 6.09 Å². The summed E-state index contributed by atoms with van der Waals surface area (Å²) in [5.41, 5.74) is 5.92. The smallest absolute Gasteiger partial charge is 0.410 e. The van der Waals surface area contributed by atoms with Crippen molar-refractivity contribution in [2.24, 2.45) is 0 Å². The lowest BCUT2D eigenvalue weighted by molar-refractivity contribution is 0.00900. The number of carbonyl (C=O) groups excluding carboxylic acids is 1. The third-order valence-corrected chi connectivity index (χ3v) is 3.17. The summed E-state index contributed by atoms with van der Waals surface area (Å²) in [7, 11) is 0. The molecule has 1 atom stereocenters. The molecule has 2 heterocycles. The van der Waals surface area contributed by atoms with E-state index in [1.165, 1.54) is 0 Å². The lowest BCUT2D eigenvalue weighted by Crippen LogP contribution is -2.42. The summed E-state index contributed by atoms with van der Waals surface area (Å²) < 4.78 is 5.47. The van der Waals surface area contributed by atoms with Gasteiger partial charge in [0.1, 0.15) is 5.60 Å². The maximum absolute atomic E-state index is 12.3. The second-order valence-corrected chi connectivity index (χ2v) is 6.03. The van der Waals surface area contributed by atoms with Crippen LogP contribution >= 0.6 is 0 Å². The monoisotopic (exact) mass is 278 g/mol. The molecule has 6 heteroatoms. The Labute approximate surface area is 119 Å². The predicted octanol–water partition coefficient (Wildman–Crippen LogP) is 2.52. The molecule has 1 aromatic rings. The van der Waals surface area contributed by atoms with Crippen molar-refractivity contribution in [1.29, 1.82) is 0 Å². The maximum Gasteiger partial charge on any atom is 0.410 e. The molecule has 1 saturated heterocycles. The van der Waals surface area contributed by atoms with Crippen LogP contribution in [0.25, 0.3) is 0 Å². The number of hydrogen-bond acceptors (Lipinski definition) is 5. The number of nitrogen functional groups attached to an aromatic ring is 1. The van der Waals surface area contributed by atoms with Gasteiger partial charge in [0.25, 0.3) is 0 Å². The molecule has 2 rings (SSSR count). The molecule has 0 bridgehead atoms. The molecule has 0 spiro atoms. The highest BCUT2D eigenvalue weighted by molar-refractivity contribution is 5.69. The molecule has 0 radical (unpaired) electrons. The Balaban J connectivity index is 2.19. The van der Waals surface area contributed by atoms with Gasteiger partial charge in [0.05, 0.1) is 11.7 Å². The first kappa shape index (κ1) is 14.6. The number of piperidine rings is 1. The van der Waals surface area contributed by atoms with E-state index in [-0.39, 0.29) is 18.1 Å². The van der Waals surface area contributed by atoms with Crippen LogP contribution in [0.15, 0.2) is 12.3 Å². The van der Waals surface area contributed by atoms with Crippen molar-refractivity contribution in [1.82, 2.24) is 14.9 Å². The van der Waals surface area contributed by atoms with Crippen LogP contribution in [0.3, 0.4) is 0 Å². The zero-order chi connectivity index (χ0) is 14.8. The van der Waals surface area contributed by atoms with Gasteiger partial charge in [-0.2, -0.15) is 0 Å². The van der Waals surface area contributed by atoms with Crippen molar-refractivity contribution in [2.75, 3.05) is 12.3 Å². The van der Waals surface area contributed by atoms with Gasteiger partial charge in [-0.15, -0.1) is 0 Å². The second kappa shape index (κ2) is 5.64. The van der Waals surface area contributed by atoms with Crippen LogP contribution in [-0.4, -0.2) is 33.1 Å². The lowest BCUT2D eigenvalue weighted by Gasteiger charge is -2.36. The quantitative estimate of drug-likeness (QED) is 0.853. The van der Waals surface area contributed by atoms with Crippen LogP contribution in [0.2, 0.25) is 0 Å². The van der Waals surface area contributed by atoms with E-state index >= 15 is 0 Å². The first-order valence-electron chi connectivity index (χ1n) is 6.95. The Bertz CT molecular complexity index is 484. The number of ether oxygens (including phenoxy) is 1. The van der Waals surface area contributed by atoms with Gasteiger partial charge in [0, 0.05) is 12.7 Å². The highest BCUT2D eigenvalue weighted by atomic mass is 16.6. The van der Waals surface area contributed by atoms with E-state index in [2.05, 4.69) is 9.97 Å². The molecule has 1 fully saturated rings. The van der Waals surface area contributed by atoms with Gasteiger partial charge < -0.3 is 10.5 Å². The Morgan fingerprint density at radius 3 is 2.85 bits per heavy atom. The molecular formula is C14H22N4O2. The highest BCUT2D eigenvalue weighted by Crippen LogP contribution is 2.31. The maximum atomic E-state index is 12.3. The zero-order valence-electron chi connectivity index (χ0n) is 12.3. The molecule has 0 aliphatic carbocycles. The zero-order valence-corrected chi connectivity index (χ0v) is 12.3. The molecule has 2 N–H and O–H groups in total. The van der Waals surface area contributed by atoms with Gasteiger partial charge in [-0.05, 0) is 46.1 Å². The Kier molecular flexibility index (Phi) is 4.11. The van der Waals surface area contributed by atoms with E-state index in [1.54, 1.807) is 11.1 Å². The minimum absolute atomic E-state index is 0.0797. The van der Waals surface area contributed by atoms with E-state index in [0.717, 1.165) is 25.0 Å². The largest absolute Gasteiger partial charge is 0.444 e. The number of nitrogens with two attached hydrogens (primary N) is 1. The van der Waals surface area contributed by atoms with E-state index in [0.29, 0.717) is 6.54 Å². The number of carbonyl (C=O) groups is 1. The van der Waals surface area contributed by atoms with Crippen LogP contribution < -0.4 is 5.73 Å². The molecule has 20 heavy (non-hydrogen) atoms. The fourth-order valence-corrected chi connectivity index (χ4v) is 2.35. The van der Waals surface area contributed by atoms with Gasteiger partial charge in [-0.3, -0.25) is 4.90 Å². The summed E-state index contributed by atoms with van der Waals surface area (Å²) in [6.07, 6.45) is 4.25. The minimum atomic E-state index is -0.496. The fourth-order valence-electron chi connectivity index (χ4n) is 2.35. The molecule has 0 saturated carbocycles. The first-order valence-corrected chi connectivity index (χ1v) is 6.95. The summed E-state index contributed by atoms with van der Waals surface area (Å²) in [4.78, 5) is 22.2. The average Bonchev–Trinajstić information content (AvgIpc) is 2.37. The van der Waals surface area contributed by atoms with Crippen molar-refractivity contribution in [2.45, 2.75) is 51.7 Å². The van der Waals surface area contributed by atoms with E-state index in [9.17, 15) is 4.79 Å². The SMILES string of the molecule is CC(C)(C)OC(=O)N1CCCCC1c1ccnc(N)n1. The third-order valence-electron chi connectivity index (χ3n) is 3.17. The van der Waals surface area contributed by atoms with Crippen LogP contribution in [0.4, 0.5) is 10.7 Å². The Morgan fingerprint density at radius 1 is 1.45 bits per heavy atom. The summed E-state index contributed by atoms with van der Waals surface area (Å²) in [5.74, 6) is 0.234. The van der Waals surface area contributed by atoms with Crippen molar-refractivity contribution < 1.29 is 9.53 Å². The summed E-state index contributed by atoms with van der Waals surface area (Å²) in [6.45, 7) is 6.29. The number of likely N-dealkylation sites (tertiary alicyclic amines) is 1. The molecule has 1 aliphatic heterocycles. The summed E-state index contributed by atoms with van der Waals surface area (Å²) in [6, 6.07) is 1.73. The van der Waals surface area contributed by atoms with Crippen LogP contribution in [-0.2, 0) is 4.74 Å². The molecule has 0 aromatic carbocycles. The summed E-state index contributed by atoms with van der Waals surface area (Å²) >= 11 is 0. The number of nitrogens with zero attached hydrogens (tertiary/aromatic N) is 3. The van der Waals surface area contributed by atoms with Crippen LogP contribution in [0, 0.1) is 0 Å². The van der Waals surface area contributed by atoms with Gasteiger partial charge in [0.2, 0.25) is 5.95 Å². The third kappa shape index (κ3) is 3.59. The summed E-state index contributed by atoms with van der Waals surface area (Å²) in [5, 5.41) is 0. The topological polar surface area (TPSA) is 81.3 Å². The second-order valence-electron chi connectivity index (χ2n) is 6.03. The normalized spacial score (nSPS) is 19.8. The molecule has 1 aromatic heterocycles. The number of amides is 1. The van der Waals surface area contributed by atoms with E-state index in [1.807, 2.05) is 26.8 Å². The molecule has 1 aliphatic rings. The molecular weight excluding hydrogens is 256 g/mol. The van der Waals surface area contributed by atoms with Crippen LogP contribution in [0.5, 0.6) is 0 Å². The minimum Gasteiger partial charge on any atom is -0.444 e. The predicted molar refractivity (Wildman–Crippen MR) is 76.0 cm³/mol. The highest BCUT2D eigenvalue weighted by Gasteiger charge is 2.32. The fraction of sp³-hybridized carbons (Fsp3) is 0.643. The van der Waals surface area contributed by atoms with Crippen molar-refractivity contribution in [3.8, 4) is 0 Å². The number of aromatic nitrogens is 2.